The first-order valence-corrected chi connectivity index (χ1v) is 10.2. The molecule has 0 saturated heterocycles. The van der Waals surface area contributed by atoms with Crippen LogP contribution in [-0.2, 0) is 30.3 Å². The molecule has 3 rings (SSSR count). The van der Waals surface area contributed by atoms with Gasteiger partial charge < -0.3 is 14.8 Å². The van der Waals surface area contributed by atoms with Gasteiger partial charge in [-0.2, -0.15) is 0 Å². The minimum Gasteiger partial charge on any atom is -0.460 e. The summed E-state index contributed by atoms with van der Waals surface area (Å²) in [5, 5.41) is 3.02. The van der Waals surface area contributed by atoms with Crippen molar-refractivity contribution < 1.29 is 23.9 Å². The van der Waals surface area contributed by atoms with Crippen molar-refractivity contribution >= 4 is 17.8 Å². The Bertz CT molecular complexity index is 808. The fraction of sp³-hybridized carbons (Fsp3) is 0.522. The van der Waals surface area contributed by atoms with Crippen molar-refractivity contribution in [3.63, 3.8) is 0 Å². The van der Waals surface area contributed by atoms with Gasteiger partial charge in [0.05, 0.1) is 18.4 Å². The van der Waals surface area contributed by atoms with Gasteiger partial charge in [-0.3, -0.25) is 14.4 Å². The summed E-state index contributed by atoms with van der Waals surface area (Å²) in [5.41, 5.74) is 1.44. The summed E-state index contributed by atoms with van der Waals surface area (Å²) in [6, 6.07) is 7.43. The van der Waals surface area contributed by atoms with Crippen molar-refractivity contribution in [3.05, 3.63) is 47.5 Å². The number of esters is 2. The Morgan fingerprint density at radius 3 is 2.72 bits per heavy atom. The molecular formula is C23H29NO5. The monoisotopic (exact) mass is 399 g/mol. The van der Waals surface area contributed by atoms with Crippen molar-refractivity contribution in [1.29, 1.82) is 0 Å². The van der Waals surface area contributed by atoms with Crippen molar-refractivity contribution in [2.24, 2.45) is 5.92 Å². The maximum Gasteiger partial charge on any atom is 0.310 e. The molecule has 0 aromatic heterocycles. The van der Waals surface area contributed by atoms with Gasteiger partial charge in [-0.05, 0) is 44.7 Å². The predicted octanol–water partition coefficient (Wildman–Crippen LogP) is 3.40. The Morgan fingerprint density at radius 1 is 1.21 bits per heavy atom. The molecule has 1 unspecified atom stereocenters. The molecule has 2 aliphatic rings. The molecule has 0 fully saturated rings. The highest BCUT2D eigenvalue weighted by molar-refractivity contribution is 5.81. The molecule has 156 valence electrons. The number of amides is 1. The molecule has 1 aromatic rings. The zero-order chi connectivity index (χ0) is 21.0. The van der Waals surface area contributed by atoms with Crippen molar-refractivity contribution in [1.82, 2.24) is 5.32 Å². The van der Waals surface area contributed by atoms with E-state index in [4.69, 9.17) is 9.47 Å². The Morgan fingerprint density at radius 2 is 1.97 bits per heavy atom. The van der Waals surface area contributed by atoms with Crippen LogP contribution >= 0.6 is 0 Å². The average molecular weight is 399 g/mol. The van der Waals surface area contributed by atoms with Gasteiger partial charge in [0.25, 0.3) is 0 Å². The highest BCUT2D eigenvalue weighted by Crippen LogP contribution is 2.34. The van der Waals surface area contributed by atoms with E-state index < -0.39 is 29.6 Å². The molecule has 29 heavy (non-hydrogen) atoms. The zero-order valence-corrected chi connectivity index (χ0v) is 17.3. The van der Waals surface area contributed by atoms with Crippen LogP contribution in [0, 0.1) is 5.92 Å². The number of hydrogen-bond donors (Lipinski definition) is 1. The van der Waals surface area contributed by atoms with E-state index in [1.54, 1.807) is 20.8 Å². The molecule has 0 spiro atoms. The van der Waals surface area contributed by atoms with E-state index in [1.807, 2.05) is 36.4 Å². The summed E-state index contributed by atoms with van der Waals surface area (Å²) >= 11 is 0. The number of ether oxygens (including phenoxy) is 2. The van der Waals surface area contributed by atoms with Crippen LogP contribution in [0.5, 0.6) is 0 Å². The van der Waals surface area contributed by atoms with Crippen LogP contribution in [0.1, 0.15) is 63.6 Å². The van der Waals surface area contributed by atoms with E-state index in [0.29, 0.717) is 25.7 Å². The smallest absolute Gasteiger partial charge is 0.310 e. The van der Waals surface area contributed by atoms with Gasteiger partial charge in [-0.25, -0.2) is 0 Å². The third-order valence-corrected chi connectivity index (χ3v) is 5.06. The second kappa shape index (κ2) is 8.80. The fourth-order valence-electron chi connectivity index (χ4n) is 3.77. The van der Waals surface area contributed by atoms with Crippen molar-refractivity contribution in [3.8, 4) is 0 Å². The Balaban J connectivity index is 1.79. The van der Waals surface area contributed by atoms with Crippen LogP contribution in [0.2, 0.25) is 0 Å². The maximum atomic E-state index is 12.9. The van der Waals surface area contributed by atoms with E-state index in [-0.39, 0.29) is 18.4 Å². The number of benzene rings is 1. The lowest BCUT2D eigenvalue weighted by atomic mass is 10.00. The lowest BCUT2D eigenvalue weighted by molar-refractivity contribution is -0.164. The van der Waals surface area contributed by atoms with Gasteiger partial charge in [0, 0.05) is 12.8 Å². The van der Waals surface area contributed by atoms with E-state index in [0.717, 1.165) is 11.1 Å². The van der Waals surface area contributed by atoms with Crippen LogP contribution in [0.3, 0.4) is 0 Å². The molecule has 6 nitrogen and oxygen atoms in total. The molecular weight excluding hydrogens is 370 g/mol. The lowest BCUT2D eigenvalue weighted by Gasteiger charge is -2.25. The topological polar surface area (TPSA) is 81.7 Å². The second-order valence-corrected chi connectivity index (χ2v) is 8.66. The fourth-order valence-corrected chi connectivity index (χ4v) is 3.77. The third-order valence-electron chi connectivity index (χ3n) is 5.06. The molecule has 1 heterocycles. The quantitative estimate of drug-likeness (QED) is 0.609. The van der Waals surface area contributed by atoms with Crippen LogP contribution < -0.4 is 5.32 Å². The molecule has 0 bridgehead atoms. The highest BCUT2D eigenvalue weighted by Gasteiger charge is 2.38. The van der Waals surface area contributed by atoms with Gasteiger partial charge >= 0.3 is 11.9 Å². The summed E-state index contributed by atoms with van der Waals surface area (Å²) in [4.78, 5) is 37.5. The molecule has 1 N–H and O–H groups in total. The molecule has 3 atom stereocenters. The molecule has 1 aliphatic heterocycles. The molecule has 1 amide bonds. The van der Waals surface area contributed by atoms with Crippen molar-refractivity contribution in [2.75, 3.05) is 0 Å². The van der Waals surface area contributed by atoms with Gasteiger partial charge in [0.2, 0.25) is 5.91 Å². The number of carbonyl (C=O) groups excluding carboxylic acids is 3. The summed E-state index contributed by atoms with van der Waals surface area (Å²) < 4.78 is 11.2. The summed E-state index contributed by atoms with van der Waals surface area (Å²) in [7, 11) is 0. The third kappa shape index (κ3) is 5.68. The van der Waals surface area contributed by atoms with Crippen LogP contribution in [0.15, 0.2) is 36.4 Å². The van der Waals surface area contributed by atoms with Crippen molar-refractivity contribution in [2.45, 2.75) is 70.6 Å². The maximum absolute atomic E-state index is 12.9. The minimum atomic E-state index is -0.611. The van der Waals surface area contributed by atoms with E-state index in [9.17, 15) is 14.4 Å². The summed E-state index contributed by atoms with van der Waals surface area (Å²) in [5.74, 6) is -1.53. The molecule has 6 heteroatoms. The first-order valence-electron chi connectivity index (χ1n) is 10.2. The Kier molecular flexibility index (Phi) is 6.40. The number of fused-ring (bicyclic) bond motifs is 3. The highest BCUT2D eigenvalue weighted by atomic mass is 16.6. The SMILES string of the molecule is CC(C)(C)OC(=O)C[C@@H]1C/C=C/CCC(=O)N[C@@H]2c3ccccc3CC2OC1=O. The largest absolute Gasteiger partial charge is 0.460 e. The van der Waals surface area contributed by atoms with Gasteiger partial charge in [-0.1, -0.05) is 36.4 Å². The number of rotatable bonds is 2. The van der Waals surface area contributed by atoms with E-state index >= 15 is 0 Å². The number of hydrogen-bond acceptors (Lipinski definition) is 5. The van der Waals surface area contributed by atoms with E-state index in [1.165, 1.54) is 0 Å². The Labute approximate surface area is 171 Å². The first-order chi connectivity index (χ1) is 13.7. The minimum absolute atomic E-state index is 0.0306. The molecule has 0 radical (unpaired) electrons. The average Bonchev–Trinajstić information content (AvgIpc) is 2.95. The number of nitrogens with one attached hydrogen (secondary N) is 1. The zero-order valence-electron chi connectivity index (χ0n) is 17.3. The van der Waals surface area contributed by atoms with Crippen LogP contribution in [-0.4, -0.2) is 29.6 Å². The predicted molar refractivity (Wildman–Crippen MR) is 108 cm³/mol. The molecule has 1 aliphatic carbocycles. The lowest BCUT2D eigenvalue weighted by Crippen LogP contribution is -2.38. The van der Waals surface area contributed by atoms with Crippen LogP contribution in [0.4, 0.5) is 0 Å². The summed E-state index contributed by atoms with van der Waals surface area (Å²) in [6.45, 7) is 5.40. The standard InChI is InChI=1S/C23H29NO5/c1-23(2,3)29-20(26)14-16-10-5-4-6-12-19(25)24-21-17-11-8-7-9-15(17)13-18(21)28-22(16)27/h4-5,7-9,11,16,18,21H,6,10,12-14H2,1-3H3,(H,24,25)/b5-4+/t16-,18?,21+/m0/s1. The second-order valence-electron chi connectivity index (χ2n) is 8.66. The van der Waals surface area contributed by atoms with Gasteiger partial charge in [0.15, 0.2) is 0 Å². The summed E-state index contributed by atoms with van der Waals surface area (Å²) in [6.07, 6.45) is 5.07. The molecule has 1 aromatic carbocycles. The van der Waals surface area contributed by atoms with E-state index in [2.05, 4.69) is 5.32 Å². The number of allylic oxidation sites excluding steroid dienone is 2. The first kappa shape index (κ1) is 21.1. The number of carbonyl (C=O) groups is 3. The Hall–Kier alpha value is -2.63. The van der Waals surface area contributed by atoms with Crippen LogP contribution in [0.25, 0.3) is 0 Å². The molecule has 0 saturated carbocycles. The normalized spacial score (nSPS) is 26.1. The van der Waals surface area contributed by atoms with Gasteiger partial charge in [-0.15, -0.1) is 0 Å². The van der Waals surface area contributed by atoms with Gasteiger partial charge in [0.1, 0.15) is 11.7 Å².